The first kappa shape index (κ1) is 9.74. The first-order valence-electron chi connectivity index (χ1n) is 5.40. The molecule has 0 spiro atoms. The van der Waals surface area contributed by atoms with Gasteiger partial charge in [0.1, 0.15) is 5.82 Å². The zero-order valence-electron chi connectivity index (χ0n) is 9.13. The van der Waals surface area contributed by atoms with Gasteiger partial charge in [-0.05, 0) is 24.6 Å². The van der Waals surface area contributed by atoms with Crippen LogP contribution in [-0.4, -0.2) is 33.9 Å². The average molecular weight is 218 g/mol. The number of hydrogen-bond donors (Lipinski definition) is 1. The SMILES string of the molecule is Cc1ccn2c(C3COCC3N)nnc2c1. The van der Waals surface area contributed by atoms with E-state index in [-0.39, 0.29) is 12.0 Å². The summed E-state index contributed by atoms with van der Waals surface area (Å²) < 4.78 is 7.35. The van der Waals surface area contributed by atoms with E-state index in [1.54, 1.807) is 0 Å². The van der Waals surface area contributed by atoms with Gasteiger partial charge in [0.2, 0.25) is 0 Å². The second kappa shape index (κ2) is 3.54. The number of pyridine rings is 1. The van der Waals surface area contributed by atoms with Gasteiger partial charge in [-0.2, -0.15) is 0 Å². The van der Waals surface area contributed by atoms with Gasteiger partial charge in [0.05, 0.1) is 19.1 Å². The molecule has 2 aromatic heterocycles. The Morgan fingerprint density at radius 2 is 2.31 bits per heavy atom. The van der Waals surface area contributed by atoms with Gasteiger partial charge in [0.15, 0.2) is 5.65 Å². The van der Waals surface area contributed by atoms with Gasteiger partial charge in [0.25, 0.3) is 0 Å². The van der Waals surface area contributed by atoms with Crippen LogP contribution in [0.4, 0.5) is 0 Å². The van der Waals surface area contributed by atoms with Gasteiger partial charge in [-0.1, -0.05) is 0 Å². The van der Waals surface area contributed by atoms with Gasteiger partial charge < -0.3 is 10.5 Å². The minimum atomic E-state index is 0.0219. The Labute approximate surface area is 93.2 Å². The molecule has 0 amide bonds. The molecule has 1 saturated heterocycles. The van der Waals surface area contributed by atoms with E-state index in [0.717, 1.165) is 11.5 Å². The molecule has 2 atom stereocenters. The molecule has 2 unspecified atom stereocenters. The summed E-state index contributed by atoms with van der Waals surface area (Å²) >= 11 is 0. The lowest BCUT2D eigenvalue weighted by Gasteiger charge is -2.10. The van der Waals surface area contributed by atoms with Crippen molar-refractivity contribution < 1.29 is 4.74 Å². The highest BCUT2D eigenvalue weighted by Crippen LogP contribution is 2.23. The predicted octanol–water partition coefficient (Wildman–Crippen LogP) is 0.479. The molecule has 5 nitrogen and oxygen atoms in total. The summed E-state index contributed by atoms with van der Waals surface area (Å²) in [6.07, 6.45) is 1.99. The molecule has 2 N–H and O–H groups in total. The van der Waals surface area contributed by atoms with E-state index >= 15 is 0 Å². The van der Waals surface area contributed by atoms with Crippen molar-refractivity contribution in [2.24, 2.45) is 5.73 Å². The third kappa shape index (κ3) is 1.40. The molecule has 2 aromatic rings. The molecule has 1 aliphatic heterocycles. The third-order valence-electron chi connectivity index (χ3n) is 3.05. The van der Waals surface area contributed by atoms with Crippen LogP contribution < -0.4 is 5.73 Å². The lowest BCUT2D eigenvalue weighted by molar-refractivity contribution is 0.190. The van der Waals surface area contributed by atoms with Crippen LogP contribution in [0.25, 0.3) is 5.65 Å². The van der Waals surface area contributed by atoms with Crippen LogP contribution in [-0.2, 0) is 4.74 Å². The molecule has 0 bridgehead atoms. The van der Waals surface area contributed by atoms with E-state index in [0.29, 0.717) is 13.2 Å². The van der Waals surface area contributed by atoms with E-state index in [1.165, 1.54) is 5.56 Å². The Balaban J connectivity index is 2.10. The Kier molecular flexibility index (Phi) is 2.15. The average Bonchev–Trinajstić information content (AvgIpc) is 2.83. The first-order chi connectivity index (χ1) is 7.75. The molecule has 16 heavy (non-hydrogen) atoms. The van der Waals surface area contributed by atoms with Crippen LogP contribution in [0, 0.1) is 6.92 Å². The Morgan fingerprint density at radius 1 is 1.44 bits per heavy atom. The molecule has 1 fully saturated rings. The van der Waals surface area contributed by atoms with E-state index < -0.39 is 0 Å². The fraction of sp³-hybridized carbons (Fsp3) is 0.455. The fourth-order valence-electron chi connectivity index (χ4n) is 2.10. The zero-order chi connectivity index (χ0) is 11.1. The van der Waals surface area contributed by atoms with Gasteiger partial charge in [-0.25, -0.2) is 0 Å². The van der Waals surface area contributed by atoms with Gasteiger partial charge in [-0.3, -0.25) is 4.40 Å². The molecule has 5 heteroatoms. The monoisotopic (exact) mass is 218 g/mol. The topological polar surface area (TPSA) is 65.4 Å². The van der Waals surface area contributed by atoms with Crippen LogP contribution in [0.1, 0.15) is 17.3 Å². The maximum Gasteiger partial charge on any atom is 0.161 e. The summed E-state index contributed by atoms with van der Waals surface area (Å²) in [7, 11) is 0. The normalized spacial score (nSPS) is 25.4. The zero-order valence-corrected chi connectivity index (χ0v) is 9.13. The molecule has 3 heterocycles. The van der Waals surface area contributed by atoms with Crippen LogP contribution in [0.2, 0.25) is 0 Å². The summed E-state index contributed by atoms with van der Waals surface area (Å²) in [5.74, 6) is 1.05. The van der Waals surface area contributed by atoms with Crippen LogP contribution in [0.5, 0.6) is 0 Å². The highest BCUT2D eigenvalue weighted by atomic mass is 16.5. The van der Waals surface area contributed by atoms with Crippen molar-refractivity contribution in [1.29, 1.82) is 0 Å². The molecule has 0 aliphatic carbocycles. The maximum absolute atomic E-state index is 5.99. The smallest absolute Gasteiger partial charge is 0.161 e. The predicted molar refractivity (Wildman–Crippen MR) is 59.3 cm³/mol. The second-order valence-corrected chi connectivity index (χ2v) is 4.30. The summed E-state index contributed by atoms with van der Waals surface area (Å²) in [5.41, 5.74) is 8.03. The highest BCUT2D eigenvalue weighted by molar-refractivity contribution is 5.41. The molecule has 0 saturated carbocycles. The van der Waals surface area contributed by atoms with Gasteiger partial charge >= 0.3 is 0 Å². The van der Waals surface area contributed by atoms with Crippen LogP contribution in [0.15, 0.2) is 18.3 Å². The van der Waals surface area contributed by atoms with Crippen molar-refractivity contribution in [3.63, 3.8) is 0 Å². The third-order valence-corrected chi connectivity index (χ3v) is 3.05. The lowest BCUT2D eigenvalue weighted by Crippen LogP contribution is -2.28. The Hall–Kier alpha value is -1.46. The fourth-order valence-corrected chi connectivity index (χ4v) is 2.10. The molecular formula is C11H14N4O. The molecular weight excluding hydrogens is 204 g/mol. The number of aromatic nitrogens is 3. The molecule has 0 aromatic carbocycles. The van der Waals surface area contributed by atoms with Crippen molar-refractivity contribution >= 4 is 5.65 Å². The van der Waals surface area contributed by atoms with Crippen molar-refractivity contribution in [3.8, 4) is 0 Å². The number of fused-ring (bicyclic) bond motifs is 1. The molecule has 3 rings (SSSR count). The van der Waals surface area contributed by atoms with E-state index in [1.807, 2.05) is 29.7 Å². The first-order valence-corrected chi connectivity index (χ1v) is 5.40. The number of nitrogens with two attached hydrogens (primary N) is 1. The lowest BCUT2D eigenvalue weighted by atomic mass is 10.0. The van der Waals surface area contributed by atoms with E-state index in [2.05, 4.69) is 10.2 Å². The number of rotatable bonds is 1. The quantitative estimate of drug-likeness (QED) is 0.756. The van der Waals surface area contributed by atoms with Crippen molar-refractivity contribution in [1.82, 2.24) is 14.6 Å². The maximum atomic E-state index is 5.99. The standard InChI is InChI=1S/C11H14N4O/c1-7-2-3-15-10(4-7)13-14-11(15)8-5-16-6-9(8)12/h2-4,8-9H,5-6,12H2,1H3. The summed E-state index contributed by atoms with van der Waals surface area (Å²) in [6, 6.07) is 4.08. The summed E-state index contributed by atoms with van der Waals surface area (Å²) in [4.78, 5) is 0. The van der Waals surface area contributed by atoms with Gasteiger partial charge in [-0.15, -0.1) is 10.2 Å². The van der Waals surface area contributed by atoms with E-state index in [9.17, 15) is 0 Å². The van der Waals surface area contributed by atoms with Crippen molar-refractivity contribution in [3.05, 3.63) is 29.7 Å². The van der Waals surface area contributed by atoms with Crippen LogP contribution in [0.3, 0.4) is 0 Å². The Morgan fingerprint density at radius 3 is 3.06 bits per heavy atom. The molecule has 84 valence electrons. The molecule has 1 aliphatic rings. The number of ether oxygens (including phenoxy) is 1. The number of hydrogen-bond acceptors (Lipinski definition) is 4. The van der Waals surface area contributed by atoms with Gasteiger partial charge in [0, 0.05) is 12.2 Å². The summed E-state index contributed by atoms with van der Waals surface area (Å²) in [5, 5.41) is 8.38. The number of nitrogens with zero attached hydrogens (tertiary/aromatic N) is 3. The second-order valence-electron chi connectivity index (χ2n) is 4.30. The minimum absolute atomic E-state index is 0.0219. The van der Waals surface area contributed by atoms with Crippen molar-refractivity contribution in [2.45, 2.75) is 18.9 Å². The van der Waals surface area contributed by atoms with E-state index in [4.69, 9.17) is 10.5 Å². The van der Waals surface area contributed by atoms with Crippen LogP contribution >= 0.6 is 0 Å². The molecule has 0 radical (unpaired) electrons. The minimum Gasteiger partial charge on any atom is -0.379 e. The number of aryl methyl sites for hydroxylation is 1. The van der Waals surface area contributed by atoms with Crippen molar-refractivity contribution in [2.75, 3.05) is 13.2 Å². The largest absolute Gasteiger partial charge is 0.379 e. The summed E-state index contributed by atoms with van der Waals surface area (Å²) in [6.45, 7) is 3.28. The Bertz CT molecular complexity index is 522. The highest BCUT2D eigenvalue weighted by Gasteiger charge is 2.30.